The van der Waals surface area contributed by atoms with Gasteiger partial charge in [-0.15, -0.1) is 0 Å². The lowest BCUT2D eigenvalue weighted by molar-refractivity contribution is -0.124. The molecule has 0 saturated carbocycles. The fourth-order valence-corrected chi connectivity index (χ4v) is 2.61. The van der Waals surface area contributed by atoms with E-state index in [9.17, 15) is 4.79 Å². The predicted molar refractivity (Wildman–Crippen MR) is 76.5 cm³/mol. The predicted octanol–water partition coefficient (Wildman–Crippen LogP) is 2.66. The number of carbonyl (C=O) groups is 1. The van der Waals surface area contributed by atoms with E-state index in [1.54, 1.807) is 0 Å². The normalized spacial score (nSPS) is 19.2. The molecule has 0 radical (unpaired) electrons. The lowest BCUT2D eigenvalue weighted by Gasteiger charge is -2.35. The summed E-state index contributed by atoms with van der Waals surface area (Å²) >= 11 is 0. The van der Waals surface area contributed by atoms with Crippen molar-refractivity contribution < 1.29 is 4.79 Å². The van der Waals surface area contributed by atoms with Crippen LogP contribution in [0, 0.1) is 11.8 Å². The van der Waals surface area contributed by atoms with Crippen LogP contribution in [-0.4, -0.2) is 36.5 Å². The second kappa shape index (κ2) is 7.78. The fourth-order valence-electron chi connectivity index (χ4n) is 2.61. The molecule has 18 heavy (non-hydrogen) atoms. The van der Waals surface area contributed by atoms with E-state index in [0.29, 0.717) is 12.0 Å². The van der Waals surface area contributed by atoms with E-state index < -0.39 is 0 Å². The first-order valence-electron chi connectivity index (χ1n) is 7.52. The van der Waals surface area contributed by atoms with Gasteiger partial charge in [-0.1, -0.05) is 34.1 Å². The highest BCUT2D eigenvalue weighted by atomic mass is 16.1. The van der Waals surface area contributed by atoms with E-state index in [1.165, 1.54) is 38.8 Å². The molecule has 0 bridgehead atoms. The summed E-state index contributed by atoms with van der Waals surface area (Å²) in [4.78, 5) is 14.3. The maximum atomic E-state index is 11.7. The Morgan fingerprint density at radius 2 is 1.72 bits per heavy atom. The number of likely N-dealkylation sites (tertiary alicyclic amines) is 1. The third-order valence-corrected chi connectivity index (χ3v) is 3.69. The summed E-state index contributed by atoms with van der Waals surface area (Å²) in [7, 11) is 0. The molecule has 0 spiro atoms. The van der Waals surface area contributed by atoms with Gasteiger partial charge in [0.1, 0.15) is 0 Å². The van der Waals surface area contributed by atoms with E-state index in [1.807, 2.05) is 13.8 Å². The topological polar surface area (TPSA) is 32.3 Å². The van der Waals surface area contributed by atoms with Crippen LogP contribution >= 0.6 is 0 Å². The summed E-state index contributed by atoms with van der Waals surface area (Å²) in [6.07, 6.45) is 5.17. The highest BCUT2D eigenvalue weighted by Gasteiger charge is 2.22. The van der Waals surface area contributed by atoms with Crippen LogP contribution in [0.5, 0.6) is 0 Å². The number of nitrogens with zero attached hydrogens (tertiary/aromatic N) is 1. The molecule has 1 unspecified atom stereocenters. The molecular weight excluding hydrogens is 224 g/mol. The van der Waals surface area contributed by atoms with Crippen LogP contribution in [0.1, 0.15) is 53.4 Å². The molecule has 1 N–H and O–H groups in total. The van der Waals surface area contributed by atoms with E-state index >= 15 is 0 Å². The third-order valence-electron chi connectivity index (χ3n) is 3.69. The number of amides is 1. The van der Waals surface area contributed by atoms with Crippen LogP contribution in [-0.2, 0) is 4.79 Å². The Balaban J connectivity index is 2.46. The number of rotatable bonds is 6. The van der Waals surface area contributed by atoms with Gasteiger partial charge in [0.2, 0.25) is 5.91 Å². The average molecular weight is 254 g/mol. The summed E-state index contributed by atoms with van der Waals surface area (Å²) < 4.78 is 0. The summed E-state index contributed by atoms with van der Waals surface area (Å²) in [6.45, 7) is 11.7. The quantitative estimate of drug-likeness (QED) is 0.790. The smallest absolute Gasteiger partial charge is 0.222 e. The van der Waals surface area contributed by atoms with Crippen LogP contribution in [0.4, 0.5) is 0 Å². The minimum Gasteiger partial charge on any atom is -0.354 e. The van der Waals surface area contributed by atoms with Crippen LogP contribution in [0.3, 0.4) is 0 Å². The molecule has 1 heterocycles. The second-order valence-corrected chi connectivity index (χ2v) is 6.28. The number of nitrogens with one attached hydrogen (secondary N) is 1. The van der Waals surface area contributed by atoms with Gasteiger partial charge in [0.05, 0.1) is 0 Å². The molecule has 1 rings (SSSR count). The highest BCUT2D eigenvalue weighted by Crippen LogP contribution is 2.17. The van der Waals surface area contributed by atoms with Crippen LogP contribution in [0.15, 0.2) is 0 Å². The van der Waals surface area contributed by atoms with Crippen molar-refractivity contribution in [1.82, 2.24) is 10.2 Å². The van der Waals surface area contributed by atoms with Crippen LogP contribution in [0.2, 0.25) is 0 Å². The monoisotopic (exact) mass is 254 g/mol. The molecule has 3 nitrogen and oxygen atoms in total. The minimum absolute atomic E-state index is 0.0889. The molecule has 1 fully saturated rings. The van der Waals surface area contributed by atoms with Crippen molar-refractivity contribution >= 4 is 5.91 Å². The second-order valence-electron chi connectivity index (χ2n) is 6.28. The molecule has 0 aromatic carbocycles. The van der Waals surface area contributed by atoms with Crippen molar-refractivity contribution in [3.63, 3.8) is 0 Å². The Labute approximate surface area is 112 Å². The summed E-state index contributed by atoms with van der Waals surface area (Å²) in [5, 5.41) is 3.10. The van der Waals surface area contributed by atoms with Crippen LogP contribution in [0.25, 0.3) is 0 Å². The van der Waals surface area contributed by atoms with Crippen molar-refractivity contribution in [1.29, 1.82) is 0 Å². The number of carbonyl (C=O) groups excluding carboxylic acids is 1. The minimum atomic E-state index is 0.0889. The van der Waals surface area contributed by atoms with Gasteiger partial charge in [0, 0.05) is 18.5 Å². The van der Waals surface area contributed by atoms with Gasteiger partial charge in [-0.05, 0) is 38.3 Å². The lowest BCUT2D eigenvalue weighted by Crippen LogP contribution is -2.47. The summed E-state index contributed by atoms with van der Waals surface area (Å²) in [6, 6.07) is 0.521. The van der Waals surface area contributed by atoms with E-state index in [4.69, 9.17) is 0 Å². The molecule has 0 aromatic heterocycles. The van der Waals surface area contributed by atoms with Crippen molar-refractivity contribution in [3.05, 3.63) is 0 Å². The standard InChI is InChI=1S/C15H30N2O/c1-12(2)10-14(11-16-15(18)13(3)4)17-8-6-5-7-9-17/h12-14H,5-11H2,1-4H3,(H,16,18). The number of hydrogen-bond acceptors (Lipinski definition) is 2. The summed E-state index contributed by atoms with van der Waals surface area (Å²) in [5.74, 6) is 0.958. The zero-order chi connectivity index (χ0) is 13.5. The van der Waals surface area contributed by atoms with Gasteiger partial charge in [-0.2, -0.15) is 0 Å². The van der Waals surface area contributed by atoms with Crippen molar-refractivity contribution in [2.24, 2.45) is 11.8 Å². The van der Waals surface area contributed by atoms with Gasteiger partial charge < -0.3 is 5.32 Å². The van der Waals surface area contributed by atoms with E-state index in [-0.39, 0.29) is 11.8 Å². The first-order chi connectivity index (χ1) is 8.50. The SMILES string of the molecule is CC(C)CC(CNC(=O)C(C)C)N1CCCCC1. The van der Waals surface area contributed by atoms with Gasteiger partial charge in [-0.25, -0.2) is 0 Å². The van der Waals surface area contributed by atoms with Crippen LogP contribution < -0.4 is 5.32 Å². The fraction of sp³-hybridized carbons (Fsp3) is 0.933. The number of hydrogen-bond donors (Lipinski definition) is 1. The average Bonchev–Trinajstić information content (AvgIpc) is 2.34. The molecule has 106 valence electrons. The molecule has 1 atom stereocenters. The molecule has 1 amide bonds. The largest absolute Gasteiger partial charge is 0.354 e. The molecule has 0 aliphatic carbocycles. The zero-order valence-electron chi connectivity index (χ0n) is 12.5. The Morgan fingerprint density at radius 1 is 1.11 bits per heavy atom. The Bertz CT molecular complexity index is 245. The lowest BCUT2D eigenvalue weighted by atomic mass is 9.99. The maximum absolute atomic E-state index is 11.7. The van der Waals surface area contributed by atoms with Crippen molar-refractivity contribution in [3.8, 4) is 0 Å². The van der Waals surface area contributed by atoms with Gasteiger partial charge >= 0.3 is 0 Å². The Hall–Kier alpha value is -0.570. The third kappa shape index (κ3) is 5.38. The Kier molecular flexibility index (Phi) is 6.69. The molecular formula is C15H30N2O. The van der Waals surface area contributed by atoms with E-state index in [0.717, 1.165) is 6.54 Å². The van der Waals surface area contributed by atoms with Gasteiger partial charge in [0.15, 0.2) is 0 Å². The van der Waals surface area contributed by atoms with Crippen molar-refractivity contribution in [2.45, 2.75) is 59.4 Å². The number of piperidine rings is 1. The maximum Gasteiger partial charge on any atom is 0.222 e. The van der Waals surface area contributed by atoms with Crippen molar-refractivity contribution in [2.75, 3.05) is 19.6 Å². The van der Waals surface area contributed by atoms with Gasteiger partial charge in [-0.3, -0.25) is 9.69 Å². The molecule has 1 aliphatic rings. The molecule has 1 saturated heterocycles. The zero-order valence-corrected chi connectivity index (χ0v) is 12.5. The molecule has 3 heteroatoms. The summed E-state index contributed by atoms with van der Waals surface area (Å²) in [5.41, 5.74) is 0. The van der Waals surface area contributed by atoms with Gasteiger partial charge in [0.25, 0.3) is 0 Å². The molecule has 0 aromatic rings. The molecule has 1 aliphatic heterocycles. The first-order valence-corrected chi connectivity index (χ1v) is 7.52. The van der Waals surface area contributed by atoms with E-state index in [2.05, 4.69) is 24.1 Å². The Morgan fingerprint density at radius 3 is 2.22 bits per heavy atom. The first kappa shape index (κ1) is 15.5. The highest BCUT2D eigenvalue weighted by molar-refractivity contribution is 5.77.